The molecule has 0 spiro atoms. The third-order valence-corrected chi connectivity index (χ3v) is 19.3. The number of halogens is 1. The van der Waals surface area contributed by atoms with Crippen LogP contribution in [-0.2, 0) is 49.0 Å². The Morgan fingerprint density at radius 1 is 0.550 bits per heavy atom. The van der Waals surface area contributed by atoms with Gasteiger partial charge < -0.3 is 47.7 Å². The van der Waals surface area contributed by atoms with E-state index in [2.05, 4.69) is 135 Å². The van der Waals surface area contributed by atoms with Crippen LogP contribution in [0, 0.1) is 10.8 Å². The molecular formula is C62H74BBrN6O10. The normalized spacial score (nSPS) is 26.2. The van der Waals surface area contributed by atoms with Crippen molar-refractivity contribution in [3.05, 3.63) is 124 Å². The summed E-state index contributed by atoms with van der Waals surface area (Å²) in [6, 6.07) is 34.2. The van der Waals surface area contributed by atoms with E-state index in [4.69, 9.17) is 37.1 Å². The fourth-order valence-electron chi connectivity index (χ4n) is 12.1. The molecule has 9 aliphatic rings. The van der Waals surface area contributed by atoms with Gasteiger partial charge in [0, 0.05) is 38.5 Å². The topological polar surface area (TPSA) is 191 Å². The van der Waals surface area contributed by atoms with Crippen LogP contribution in [-0.4, -0.2) is 78.1 Å². The average Bonchev–Trinajstić information content (AvgIpc) is 4.29. The summed E-state index contributed by atoms with van der Waals surface area (Å²) >= 11 is 3.39. The maximum Gasteiger partial charge on any atom is 0.494 e. The SMILES string of the molecule is Brc1ccc(Nc2nnc(C3CCC3)o2)cc1.COC(=O)CC12CCC(c3ccc(-c4ccc(Nc5nnc(C6CCC6)o5)cc4)cc3)(CC1)OC2.COC(=O)CC12CCC(c3ccc(B4OC(C)(C)C(C)(C)O4)cc3)(CC1)OC2. The Morgan fingerprint density at radius 3 is 1.30 bits per heavy atom. The fourth-order valence-corrected chi connectivity index (χ4v) is 12.4. The van der Waals surface area contributed by atoms with Crippen LogP contribution in [0.4, 0.5) is 23.4 Å². The maximum atomic E-state index is 11.8. The van der Waals surface area contributed by atoms with Gasteiger partial charge in [-0.25, -0.2) is 0 Å². The molecule has 6 aromatic rings. The van der Waals surface area contributed by atoms with Crippen LogP contribution in [0.2, 0.25) is 0 Å². The van der Waals surface area contributed by atoms with Crippen molar-refractivity contribution in [3.63, 3.8) is 0 Å². The van der Waals surface area contributed by atoms with Crippen LogP contribution in [0.15, 0.2) is 110 Å². The predicted molar refractivity (Wildman–Crippen MR) is 307 cm³/mol. The molecule has 16 nitrogen and oxygen atoms in total. The molecule has 4 aliphatic carbocycles. The van der Waals surface area contributed by atoms with Crippen LogP contribution in [0.25, 0.3) is 11.1 Å². The predicted octanol–water partition coefficient (Wildman–Crippen LogP) is 13.3. The van der Waals surface area contributed by atoms with E-state index in [1.54, 1.807) is 0 Å². The van der Waals surface area contributed by atoms with Gasteiger partial charge >= 0.3 is 31.1 Å². The smallest absolute Gasteiger partial charge is 0.469 e. The number of aromatic nitrogens is 4. The quantitative estimate of drug-likeness (QED) is 0.0772. The Hall–Kier alpha value is -5.92. The molecule has 0 radical (unpaired) electrons. The molecule has 5 saturated heterocycles. The second-order valence-corrected chi connectivity index (χ2v) is 25.3. The van der Waals surface area contributed by atoms with E-state index in [0.29, 0.717) is 49.9 Å². The van der Waals surface area contributed by atoms with Gasteiger partial charge in [-0.3, -0.25) is 9.59 Å². The van der Waals surface area contributed by atoms with Crippen molar-refractivity contribution in [3.8, 4) is 11.1 Å². The van der Waals surface area contributed by atoms with Crippen LogP contribution in [0.3, 0.4) is 0 Å². The molecule has 2 aromatic heterocycles. The van der Waals surface area contributed by atoms with Gasteiger partial charge in [-0.2, -0.15) is 0 Å². The van der Waals surface area contributed by atoms with Crippen LogP contribution in [0.5, 0.6) is 0 Å². The van der Waals surface area contributed by atoms with Gasteiger partial charge in [0.25, 0.3) is 0 Å². The van der Waals surface area contributed by atoms with Crippen LogP contribution in [0.1, 0.15) is 165 Å². The summed E-state index contributed by atoms with van der Waals surface area (Å²) in [5.41, 5.74) is 6.40. The number of fused-ring (bicyclic) bond motifs is 6. The molecule has 4 bridgehead atoms. The monoisotopic (exact) mass is 1150 g/mol. The average molecular weight is 1150 g/mol. The Kier molecular flexibility index (Phi) is 15.9. The minimum atomic E-state index is -0.345. The summed E-state index contributed by atoms with van der Waals surface area (Å²) in [6.07, 6.45) is 15.8. The highest BCUT2D eigenvalue weighted by atomic mass is 79.9. The minimum absolute atomic E-state index is 0.0442. The summed E-state index contributed by atoms with van der Waals surface area (Å²) in [5.74, 6) is 2.13. The number of benzene rings is 4. The number of ether oxygens (including phenoxy) is 4. The van der Waals surface area contributed by atoms with Crippen molar-refractivity contribution in [1.29, 1.82) is 0 Å². The van der Waals surface area contributed by atoms with Crippen LogP contribution >= 0.6 is 15.9 Å². The molecule has 4 saturated carbocycles. The van der Waals surface area contributed by atoms with Crippen molar-refractivity contribution >= 4 is 63.9 Å². The lowest BCUT2D eigenvalue weighted by Crippen LogP contribution is -2.50. The van der Waals surface area contributed by atoms with Gasteiger partial charge in [0.05, 0.1) is 62.7 Å². The van der Waals surface area contributed by atoms with E-state index < -0.39 is 0 Å². The van der Waals surface area contributed by atoms with Gasteiger partial charge in [0.1, 0.15) is 0 Å². The Bertz CT molecular complexity index is 3040. The highest BCUT2D eigenvalue weighted by Crippen LogP contribution is 2.56. The van der Waals surface area contributed by atoms with Crippen molar-refractivity contribution in [2.45, 2.75) is 165 Å². The van der Waals surface area contributed by atoms with E-state index >= 15 is 0 Å². The molecule has 4 aromatic carbocycles. The number of carbonyl (C=O) groups is 2. The summed E-state index contributed by atoms with van der Waals surface area (Å²) in [6.45, 7) is 9.52. The van der Waals surface area contributed by atoms with Crippen molar-refractivity contribution in [2.24, 2.45) is 10.8 Å². The molecule has 15 rings (SSSR count). The highest BCUT2D eigenvalue weighted by Gasteiger charge is 2.54. The van der Waals surface area contributed by atoms with E-state index in [1.165, 1.54) is 51.0 Å². The zero-order chi connectivity index (χ0) is 55.8. The maximum absolute atomic E-state index is 11.8. The van der Waals surface area contributed by atoms with Gasteiger partial charge in [0.15, 0.2) is 0 Å². The Morgan fingerprint density at radius 2 is 0.938 bits per heavy atom. The van der Waals surface area contributed by atoms with E-state index in [0.717, 1.165) is 108 Å². The zero-order valence-electron chi connectivity index (χ0n) is 46.9. The molecule has 422 valence electrons. The standard InChI is InChI=1S/C28H31N3O4.C22H31BO5.C12H12BrN3O/c1-33-24(32)17-27-13-15-28(16-14-27,34-18-27)22-9-5-19(6-10-22)20-7-11-23(12-8-20)29-26-31-30-25(35-26)21-3-2-4-21;1-19(2)20(3,4)28-23(27-19)17-8-6-16(7-9-17)22-12-10-21(11-13-22,15-26-22)14-18(24)25-5;13-9-4-6-10(7-5-9)14-12-16-15-11(17-12)8-2-1-3-8/h5-12,21H,2-4,13-18H2,1H3,(H,29,31);6-9H,10-15H2,1-5H3;4-8H,1-3H2,(H,14,16). The number of hydrogen-bond donors (Lipinski definition) is 2. The molecule has 2 N–H and O–H groups in total. The number of methoxy groups -OCH3 is 2. The second kappa shape index (κ2) is 22.8. The minimum Gasteiger partial charge on any atom is -0.469 e. The van der Waals surface area contributed by atoms with Crippen molar-refractivity contribution < 1.29 is 46.7 Å². The first-order valence-electron chi connectivity index (χ1n) is 28.5. The molecule has 0 amide bonds. The van der Waals surface area contributed by atoms with Gasteiger partial charge in [0.2, 0.25) is 11.8 Å². The number of hydrogen-bond acceptors (Lipinski definition) is 16. The summed E-state index contributed by atoms with van der Waals surface area (Å²) < 4.78 is 47.3. The number of nitrogens with one attached hydrogen (secondary N) is 2. The lowest BCUT2D eigenvalue weighted by Gasteiger charge is -2.53. The Balaban J connectivity index is 0.000000134. The van der Waals surface area contributed by atoms with E-state index in [9.17, 15) is 9.59 Å². The zero-order valence-corrected chi connectivity index (χ0v) is 48.5. The third kappa shape index (κ3) is 11.9. The van der Waals surface area contributed by atoms with Crippen molar-refractivity contribution in [2.75, 3.05) is 38.1 Å². The Labute approximate surface area is 477 Å². The first-order chi connectivity index (χ1) is 38.5. The van der Waals surface area contributed by atoms with Crippen molar-refractivity contribution in [1.82, 2.24) is 20.4 Å². The van der Waals surface area contributed by atoms with Gasteiger partial charge in [-0.05, 0) is 169 Å². The van der Waals surface area contributed by atoms with Gasteiger partial charge in [-0.15, -0.1) is 10.2 Å². The first kappa shape index (κ1) is 56.0. The lowest BCUT2D eigenvalue weighted by atomic mass is 9.62. The van der Waals surface area contributed by atoms with E-state index in [-0.39, 0.29) is 52.3 Å². The summed E-state index contributed by atoms with van der Waals surface area (Å²) in [4.78, 5) is 23.6. The molecule has 80 heavy (non-hydrogen) atoms. The van der Waals surface area contributed by atoms with Gasteiger partial charge in [-0.1, -0.05) is 99.6 Å². The van der Waals surface area contributed by atoms with E-state index in [1.807, 2.05) is 36.4 Å². The number of esters is 2. The molecule has 18 heteroatoms. The number of anilines is 4. The molecule has 5 aliphatic heterocycles. The third-order valence-electron chi connectivity index (χ3n) is 18.8. The number of rotatable bonds is 14. The largest absolute Gasteiger partial charge is 0.494 e. The molecule has 9 fully saturated rings. The molecule has 7 heterocycles. The molecule has 0 unspecified atom stereocenters. The summed E-state index contributed by atoms with van der Waals surface area (Å²) in [5, 5.41) is 22.7. The lowest BCUT2D eigenvalue weighted by molar-refractivity contribution is -0.196. The fraction of sp³-hybridized carbons (Fsp3) is 0.516. The second-order valence-electron chi connectivity index (χ2n) is 24.3. The number of nitrogens with zero attached hydrogens (tertiary/aromatic N) is 4. The summed E-state index contributed by atoms with van der Waals surface area (Å²) in [7, 11) is 2.57. The first-order valence-corrected chi connectivity index (χ1v) is 29.3. The van der Waals surface area contributed by atoms with Crippen LogP contribution < -0.4 is 16.1 Å². The number of carbonyl (C=O) groups excluding carboxylic acids is 2. The molecular weight excluding hydrogens is 1080 g/mol. The highest BCUT2D eigenvalue weighted by molar-refractivity contribution is 9.10. The molecule has 0 atom stereocenters.